The van der Waals surface area contributed by atoms with Crippen molar-refractivity contribution in [1.29, 1.82) is 0 Å². The smallest absolute Gasteiger partial charge is 0.253 e. The van der Waals surface area contributed by atoms with Gasteiger partial charge in [0.05, 0.1) is 10.7 Å². The molecule has 6 heteroatoms. The molecule has 2 heterocycles. The highest BCUT2D eigenvalue weighted by Crippen LogP contribution is 2.26. The minimum Gasteiger partial charge on any atom is -0.336 e. The molecule has 1 amide bonds. The molecule has 0 bridgehead atoms. The van der Waals surface area contributed by atoms with Crippen LogP contribution in [0.2, 0.25) is 0 Å². The summed E-state index contributed by atoms with van der Waals surface area (Å²) in [7, 11) is 0. The Balaban J connectivity index is 1.53. The standard InChI is InChI=1S/C20H27N3OS2/c1-20(2,3)19-21-16(14-26-19)13-22-9-11-23(12-10-22)18(24)15-5-7-17(25-4)8-6-15/h5-8,14H,9-13H2,1-4H3. The molecule has 1 aliphatic rings. The van der Waals surface area contributed by atoms with E-state index < -0.39 is 0 Å². The van der Waals surface area contributed by atoms with Gasteiger partial charge in [-0.2, -0.15) is 0 Å². The summed E-state index contributed by atoms with van der Waals surface area (Å²) < 4.78 is 0. The van der Waals surface area contributed by atoms with Crippen molar-refractivity contribution in [3.05, 3.63) is 45.9 Å². The summed E-state index contributed by atoms with van der Waals surface area (Å²) in [5, 5.41) is 3.36. The number of amides is 1. The van der Waals surface area contributed by atoms with Gasteiger partial charge in [-0.05, 0) is 30.5 Å². The van der Waals surface area contributed by atoms with E-state index in [0.29, 0.717) is 0 Å². The number of aromatic nitrogens is 1. The number of hydrogen-bond acceptors (Lipinski definition) is 5. The van der Waals surface area contributed by atoms with Gasteiger partial charge in [0.1, 0.15) is 0 Å². The Morgan fingerprint density at radius 1 is 1.15 bits per heavy atom. The van der Waals surface area contributed by atoms with Gasteiger partial charge >= 0.3 is 0 Å². The van der Waals surface area contributed by atoms with Crippen LogP contribution in [0.4, 0.5) is 0 Å². The monoisotopic (exact) mass is 389 g/mol. The predicted molar refractivity (Wildman–Crippen MR) is 110 cm³/mol. The molecule has 0 atom stereocenters. The summed E-state index contributed by atoms with van der Waals surface area (Å²) in [6, 6.07) is 7.90. The lowest BCUT2D eigenvalue weighted by Crippen LogP contribution is -2.48. The van der Waals surface area contributed by atoms with Gasteiger partial charge in [-0.15, -0.1) is 23.1 Å². The molecule has 0 saturated carbocycles. The molecule has 0 N–H and O–H groups in total. The van der Waals surface area contributed by atoms with Gasteiger partial charge in [-0.25, -0.2) is 4.98 Å². The summed E-state index contributed by atoms with van der Waals surface area (Å²) in [6.45, 7) is 10.8. The van der Waals surface area contributed by atoms with Gasteiger partial charge in [0.25, 0.3) is 5.91 Å². The summed E-state index contributed by atoms with van der Waals surface area (Å²) >= 11 is 3.44. The molecule has 0 aliphatic carbocycles. The number of thioether (sulfide) groups is 1. The Morgan fingerprint density at radius 2 is 1.81 bits per heavy atom. The number of carbonyl (C=O) groups is 1. The fourth-order valence-electron chi connectivity index (χ4n) is 2.98. The first-order chi connectivity index (χ1) is 12.4. The second-order valence-corrected chi connectivity index (χ2v) is 9.43. The van der Waals surface area contributed by atoms with Crippen molar-refractivity contribution in [2.24, 2.45) is 0 Å². The molecule has 0 spiro atoms. The van der Waals surface area contributed by atoms with Crippen LogP contribution < -0.4 is 0 Å². The largest absolute Gasteiger partial charge is 0.336 e. The van der Waals surface area contributed by atoms with Crippen molar-refractivity contribution in [3.63, 3.8) is 0 Å². The van der Waals surface area contributed by atoms with E-state index in [1.54, 1.807) is 23.1 Å². The number of piperazine rings is 1. The summed E-state index contributed by atoms with van der Waals surface area (Å²) in [5.74, 6) is 0.140. The highest BCUT2D eigenvalue weighted by molar-refractivity contribution is 7.98. The highest BCUT2D eigenvalue weighted by Gasteiger charge is 2.23. The summed E-state index contributed by atoms with van der Waals surface area (Å²) in [6.07, 6.45) is 2.04. The lowest BCUT2D eigenvalue weighted by atomic mass is 9.98. The molecular weight excluding hydrogens is 362 g/mol. The Labute approximate surface area is 164 Å². The maximum atomic E-state index is 12.7. The van der Waals surface area contributed by atoms with Crippen LogP contribution in [0.5, 0.6) is 0 Å². The zero-order valence-electron chi connectivity index (χ0n) is 16.0. The maximum Gasteiger partial charge on any atom is 0.253 e. The van der Waals surface area contributed by atoms with Gasteiger partial charge < -0.3 is 4.90 Å². The second kappa shape index (κ2) is 8.11. The van der Waals surface area contributed by atoms with Crippen LogP contribution in [0.25, 0.3) is 0 Å². The molecule has 0 radical (unpaired) electrons. The first-order valence-corrected chi connectivity index (χ1v) is 11.1. The van der Waals surface area contributed by atoms with Crippen LogP contribution in [0.1, 0.15) is 41.8 Å². The van der Waals surface area contributed by atoms with Crippen LogP contribution in [0, 0.1) is 0 Å². The van der Waals surface area contributed by atoms with E-state index in [9.17, 15) is 4.79 Å². The average Bonchev–Trinajstić information content (AvgIpc) is 3.11. The predicted octanol–water partition coefficient (Wildman–Crippen LogP) is 4.12. The fourth-order valence-corrected chi connectivity index (χ4v) is 4.29. The molecular formula is C20H27N3OS2. The molecule has 1 saturated heterocycles. The van der Waals surface area contributed by atoms with Crippen molar-refractivity contribution >= 4 is 29.0 Å². The van der Waals surface area contributed by atoms with Crippen molar-refractivity contribution in [2.75, 3.05) is 32.4 Å². The van der Waals surface area contributed by atoms with E-state index in [1.165, 1.54) is 9.90 Å². The van der Waals surface area contributed by atoms with Crippen molar-refractivity contribution < 1.29 is 4.79 Å². The van der Waals surface area contributed by atoms with E-state index >= 15 is 0 Å². The zero-order valence-corrected chi connectivity index (χ0v) is 17.6. The zero-order chi connectivity index (χ0) is 18.7. The van der Waals surface area contributed by atoms with Gasteiger partial charge in [0.2, 0.25) is 0 Å². The van der Waals surface area contributed by atoms with Crippen LogP contribution in [-0.4, -0.2) is 53.1 Å². The van der Waals surface area contributed by atoms with Crippen molar-refractivity contribution in [1.82, 2.24) is 14.8 Å². The number of thiazole rings is 1. The number of nitrogens with zero attached hydrogens (tertiary/aromatic N) is 3. The van der Waals surface area contributed by atoms with E-state index in [1.807, 2.05) is 35.4 Å². The van der Waals surface area contributed by atoms with Gasteiger partial charge in [-0.3, -0.25) is 9.69 Å². The molecule has 140 valence electrons. The highest BCUT2D eigenvalue weighted by atomic mass is 32.2. The minimum atomic E-state index is 0.111. The number of hydrogen-bond donors (Lipinski definition) is 0. The topological polar surface area (TPSA) is 36.4 Å². The third kappa shape index (κ3) is 4.67. The lowest BCUT2D eigenvalue weighted by molar-refractivity contribution is 0.0627. The SMILES string of the molecule is CSc1ccc(C(=O)N2CCN(Cc3csc(C(C)(C)C)n3)CC2)cc1. The Morgan fingerprint density at radius 3 is 2.35 bits per heavy atom. The van der Waals surface area contributed by atoms with Crippen LogP contribution in [0.3, 0.4) is 0 Å². The molecule has 1 fully saturated rings. The van der Waals surface area contributed by atoms with Crippen LogP contribution in [0.15, 0.2) is 34.5 Å². The molecule has 4 nitrogen and oxygen atoms in total. The fraction of sp³-hybridized carbons (Fsp3) is 0.500. The first kappa shape index (κ1) is 19.4. The molecule has 1 aliphatic heterocycles. The van der Waals surface area contributed by atoms with E-state index in [4.69, 9.17) is 4.98 Å². The third-order valence-corrected chi connectivity index (χ3v) is 6.64. The van der Waals surface area contributed by atoms with Crippen molar-refractivity contribution in [3.8, 4) is 0 Å². The Hall–Kier alpha value is -1.37. The molecule has 1 aromatic heterocycles. The van der Waals surface area contributed by atoms with E-state index in [2.05, 4.69) is 31.1 Å². The normalized spacial score (nSPS) is 16.1. The van der Waals surface area contributed by atoms with E-state index in [-0.39, 0.29) is 11.3 Å². The summed E-state index contributed by atoms with van der Waals surface area (Å²) in [4.78, 5) is 23.0. The van der Waals surface area contributed by atoms with Gasteiger partial charge in [-0.1, -0.05) is 20.8 Å². The van der Waals surface area contributed by atoms with Gasteiger partial charge in [0.15, 0.2) is 0 Å². The molecule has 2 aromatic rings. The first-order valence-electron chi connectivity index (χ1n) is 8.97. The summed E-state index contributed by atoms with van der Waals surface area (Å²) in [5.41, 5.74) is 2.04. The average molecular weight is 390 g/mol. The maximum absolute atomic E-state index is 12.7. The molecule has 26 heavy (non-hydrogen) atoms. The molecule has 3 rings (SSSR count). The quantitative estimate of drug-likeness (QED) is 0.737. The molecule has 0 unspecified atom stereocenters. The molecule has 1 aromatic carbocycles. The Kier molecular flexibility index (Phi) is 6.05. The van der Waals surface area contributed by atoms with Crippen LogP contribution >= 0.6 is 23.1 Å². The van der Waals surface area contributed by atoms with E-state index in [0.717, 1.165) is 44.0 Å². The van der Waals surface area contributed by atoms with Gasteiger partial charge in [0, 0.05) is 54.0 Å². The van der Waals surface area contributed by atoms with Crippen LogP contribution in [-0.2, 0) is 12.0 Å². The Bertz CT molecular complexity index is 741. The number of benzene rings is 1. The third-order valence-electron chi connectivity index (χ3n) is 4.58. The number of rotatable bonds is 4. The second-order valence-electron chi connectivity index (χ2n) is 7.69. The lowest BCUT2D eigenvalue weighted by Gasteiger charge is -2.34. The van der Waals surface area contributed by atoms with Crippen molar-refractivity contribution in [2.45, 2.75) is 37.6 Å². The minimum absolute atomic E-state index is 0.111. The number of carbonyl (C=O) groups excluding carboxylic acids is 1.